The molecule has 0 aliphatic heterocycles. The van der Waals surface area contributed by atoms with E-state index in [1.54, 1.807) is 4.52 Å². The molecule has 0 spiro atoms. The van der Waals surface area contributed by atoms with Crippen LogP contribution in [0, 0.1) is 13.8 Å². The first kappa shape index (κ1) is 9.40. The molecule has 5 heteroatoms. The van der Waals surface area contributed by atoms with Gasteiger partial charge in [0.1, 0.15) is 11.0 Å². The van der Waals surface area contributed by atoms with Gasteiger partial charge in [0.05, 0.1) is 5.69 Å². The highest BCUT2D eigenvalue weighted by Crippen LogP contribution is 2.18. The molecule has 14 heavy (non-hydrogen) atoms. The summed E-state index contributed by atoms with van der Waals surface area (Å²) in [6.45, 7) is 5.82. The van der Waals surface area contributed by atoms with Crippen molar-refractivity contribution in [3.05, 3.63) is 22.2 Å². The number of rotatable bonds is 1. The molecule has 2 rings (SSSR count). The monoisotopic (exact) mass is 210 g/mol. The molecule has 2 heterocycles. The highest BCUT2D eigenvalue weighted by molar-refractivity contribution is 6.30. The molecule has 2 aromatic rings. The molecule has 0 aromatic carbocycles. The van der Waals surface area contributed by atoms with E-state index in [1.165, 1.54) is 0 Å². The second-order valence-corrected chi connectivity index (χ2v) is 3.56. The molecule has 0 bridgehead atoms. The van der Waals surface area contributed by atoms with Crippen molar-refractivity contribution >= 4 is 17.4 Å². The van der Waals surface area contributed by atoms with Crippen LogP contribution in [0.2, 0.25) is 5.15 Å². The van der Waals surface area contributed by atoms with Gasteiger partial charge in [-0.2, -0.15) is 9.50 Å². The Balaban J connectivity index is 2.84. The van der Waals surface area contributed by atoms with Crippen LogP contribution in [-0.2, 0) is 6.42 Å². The summed E-state index contributed by atoms with van der Waals surface area (Å²) < 4.78 is 1.57. The molecule has 4 nitrogen and oxygen atoms in total. The second kappa shape index (κ2) is 3.20. The van der Waals surface area contributed by atoms with E-state index in [4.69, 9.17) is 11.6 Å². The summed E-state index contributed by atoms with van der Waals surface area (Å²) in [5.74, 6) is 1.27. The largest absolute Gasteiger partial charge is 0.254 e. The smallest absolute Gasteiger partial charge is 0.216 e. The molecule has 74 valence electrons. The number of aryl methyl sites for hydroxylation is 2. The van der Waals surface area contributed by atoms with E-state index in [2.05, 4.69) is 15.1 Å². The van der Waals surface area contributed by atoms with Crippen LogP contribution in [0.5, 0.6) is 0 Å². The van der Waals surface area contributed by atoms with Gasteiger partial charge in [0, 0.05) is 5.56 Å². The Labute approximate surface area is 86.9 Å². The van der Waals surface area contributed by atoms with Gasteiger partial charge in [-0.25, -0.2) is 4.98 Å². The van der Waals surface area contributed by atoms with Crippen molar-refractivity contribution in [2.45, 2.75) is 27.2 Å². The summed E-state index contributed by atoms with van der Waals surface area (Å²) in [4.78, 5) is 8.56. The van der Waals surface area contributed by atoms with Gasteiger partial charge in [-0.05, 0) is 20.3 Å². The standard InChI is InChI=1S/C9H11ClN4/c1-4-7-5(2)8(10)14-9(12-7)11-6(3)13-14/h4H2,1-3H3. The summed E-state index contributed by atoms with van der Waals surface area (Å²) in [5, 5.41) is 4.76. The number of nitrogens with zero attached hydrogens (tertiary/aromatic N) is 4. The number of halogens is 1. The maximum absolute atomic E-state index is 6.14. The maximum atomic E-state index is 6.14. The van der Waals surface area contributed by atoms with E-state index < -0.39 is 0 Å². The third-order valence-electron chi connectivity index (χ3n) is 2.19. The molecule has 0 aliphatic carbocycles. The van der Waals surface area contributed by atoms with Crippen LogP contribution in [0.3, 0.4) is 0 Å². The molecule has 0 radical (unpaired) electrons. The van der Waals surface area contributed by atoms with Crippen LogP contribution in [0.4, 0.5) is 0 Å². The molecule has 2 aromatic heterocycles. The van der Waals surface area contributed by atoms with Crippen molar-refractivity contribution in [2.24, 2.45) is 0 Å². The number of fused-ring (bicyclic) bond motifs is 1. The van der Waals surface area contributed by atoms with Crippen LogP contribution in [0.1, 0.15) is 24.0 Å². The van der Waals surface area contributed by atoms with E-state index in [9.17, 15) is 0 Å². The Bertz CT molecular complexity index is 489. The fraction of sp³-hybridized carbons (Fsp3) is 0.444. The van der Waals surface area contributed by atoms with E-state index in [1.807, 2.05) is 20.8 Å². The van der Waals surface area contributed by atoms with Gasteiger partial charge < -0.3 is 0 Å². The summed E-state index contributed by atoms with van der Waals surface area (Å²) in [5.41, 5.74) is 1.96. The second-order valence-electron chi connectivity index (χ2n) is 3.20. The normalized spacial score (nSPS) is 11.1. The first-order valence-corrected chi connectivity index (χ1v) is 4.89. The lowest BCUT2D eigenvalue weighted by molar-refractivity contribution is 0.882. The first-order chi connectivity index (χ1) is 6.63. The van der Waals surface area contributed by atoms with E-state index in [0.29, 0.717) is 16.8 Å². The zero-order chi connectivity index (χ0) is 10.3. The van der Waals surface area contributed by atoms with E-state index in [-0.39, 0.29) is 0 Å². The molecular weight excluding hydrogens is 200 g/mol. The number of hydrogen-bond acceptors (Lipinski definition) is 3. The maximum Gasteiger partial charge on any atom is 0.254 e. The van der Waals surface area contributed by atoms with Crippen molar-refractivity contribution in [2.75, 3.05) is 0 Å². The fourth-order valence-electron chi connectivity index (χ4n) is 1.43. The zero-order valence-corrected chi connectivity index (χ0v) is 9.13. The molecule has 0 saturated carbocycles. The van der Waals surface area contributed by atoms with E-state index in [0.717, 1.165) is 17.7 Å². The quantitative estimate of drug-likeness (QED) is 0.676. The highest BCUT2D eigenvalue weighted by Gasteiger charge is 2.11. The number of aromatic nitrogens is 4. The minimum absolute atomic E-state index is 0.579. The highest BCUT2D eigenvalue weighted by atomic mass is 35.5. The predicted molar refractivity (Wildman–Crippen MR) is 54.6 cm³/mol. The number of hydrogen-bond donors (Lipinski definition) is 0. The molecule has 0 unspecified atom stereocenters. The van der Waals surface area contributed by atoms with Gasteiger partial charge in [-0.3, -0.25) is 0 Å². The molecular formula is C9H11ClN4. The van der Waals surface area contributed by atoms with Crippen molar-refractivity contribution in [1.29, 1.82) is 0 Å². The lowest BCUT2D eigenvalue weighted by Crippen LogP contribution is -2.01. The van der Waals surface area contributed by atoms with Crippen molar-refractivity contribution < 1.29 is 0 Å². The predicted octanol–water partition coefficient (Wildman–Crippen LogP) is 1.96. The molecule has 0 atom stereocenters. The van der Waals surface area contributed by atoms with Gasteiger partial charge in [0.2, 0.25) is 0 Å². The van der Waals surface area contributed by atoms with Gasteiger partial charge in [-0.1, -0.05) is 18.5 Å². The van der Waals surface area contributed by atoms with Crippen molar-refractivity contribution in [1.82, 2.24) is 19.6 Å². The fourth-order valence-corrected chi connectivity index (χ4v) is 1.66. The van der Waals surface area contributed by atoms with Gasteiger partial charge in [-0.15, -0.1) is 5.10 Å². The van der Waals surface area contributed by atoms with Crippen LogP contribution in [-0.4, -0.2) is 19.6 Å². The summed E-state index contributed by atoms with van der Waals surface area (Å²) >= 11 is 6.14. The van der Waals surface area contributed by atoms with Crippen LogP contribution in [0.15, 0.2) is 0 Å². The molecule has 0 fully saturated rings. The van der Waals surface area contributed by atoms with Crippen LogP contribution >= 0.6 is 11.6 Å². The van der Waals surface area contributed by atoms with Crippen molar-refractivity contribution in [3.63, 3.8) is 0 Å². The zero-order valence-electron chi connectivity index (χ0n) is 8.37. The summed E-state index contributed by atoms with van der Waals surface area (Å²) in [6, 6.07) is 0. The minimum Gasteiger partial charge on any atom is -0.216 e. The first-order valence-electron chi connectivity index (χ1n) is 4.51. The Kier molecular flexibility index (Phi) is 2.15. The Morgan fingerprint density at radius 2 is 2.00 bits per heavy atom. The van der Waals surface area contributed by atoms with E-state index >= 15 is 0 Å². The Hall–Kier alpha value is -1.16. The Morgan fingerprint density at radius 3 is 2.64 bits per heavy atom. The molecule has 0 saturated heterocycles. The van der Waals surface area contributed by atoms with Crippen LogP contribution < -0.4 is 0 Å². The molecule has 0 amide bonds. The topological polar surface area (TPSA) is 43.1 Å². The lowest BCUT2D eigenvalue weighted by Gasteiger charge is -2.04. The SMILES string of the molecule is CCc1nc2nc(C)nn2c(Cl)c1C. The van der Waals surface area contributed by atoms with Gasteiger partial charge in [0.25, 0.3) is 5.78 Å². The average molecular weight is 211 g/mol. The average Bonchev–Trinajstić information content (AvgIpc) is 2.52. The Morgan fingerprint density at radius 1 is 1.29 bits per heavy atom. The minimum atomic E-state index is 0.579. The third kappa shape index (κ3) is 1.26. The van der Waals surface area contributed by atoms with Gasteiger partial charge in [0.15, 0.2) is 0 Å². The molecule has 0 N–H and O–H groups in total. The summed E-state index contributed by atoms with van der Waals surface area (Å²) in [6.07, 6.45) is 0.855. The van der Waals surface area contributed by atoms with Crippen LogP contribution in [0.25, 0.3) is 5.78 Å². The lowest BCUT2D eigenvalue weighted by atomic mass is 10.2. The third-order valence-corrected chi connectivity index (χ3v) is 2.64. The van der Waals surface area contributed by atoms with Crippen molar-refractivity contribution in [3.8, 4) is 0 Å². The molecule has 0 aliphatic rings. The van der Waals surface area contributed by atoms with Gasteiger partial charge >= 0.3 is 0 Å². The summed E-state index contributed by atoms with van der Waals surface area (Å²) in [7, 11) is 0.